The van der Waals surface area contributed by atoms with Crippen LogP contribution in [0.25, 0.3) is 0 Å². The Kier molecular flexibility index (Phi) is 3.33. The molecule has 0 spiro atoms. The van der Waals surface area contributed by atoms with Gasteiger partial charge in [0, 0.05) is 0 Å². The number of carbonyl (C=O) groups excluding carboxylic acids is 2. The van der Waals surface area contributed by atoms with E-state index in [0.717, 1.165) is 18.2 Å². The van der Waals surface area contributed by atoms with Crippen LogP contribution >= 0.6 is 0 Å². The molecule has 0 fully saturated rings. The quantitative estimate of drug-likeness (QED) is 0.753. The Morgan fingerprint density at radius 2 is 1.80 bits per heavy atom. The van der Waals surface area contributed by atoms with Crippen molar-refractivity contribution in [2.24, 2.45) is 5.73 Å². The van der Waals surface area contributed by atoms with E-state index in [1.807, 2.05) is 5.32 Å². The normalized spacial score (nSPS) is 9.73. The minimum atomic E-state index is -1.01. The molecule has 0 aromatic heterocycles. The predicted octanol–water partition coefficient (Wildman–Crippen LogP) is 0.180. The van der Waals surface area contributed by atoms with Crippen molar-refractivity contribution in [3.05, 3.63) is 35.4 Å². The fourth-order valence-corrected chi connectivity index (χ4v) is 0.971. The fourth-order valence-electron chi connectivity index (χ4n) is 0.971. The van der Waals surface area contributed by atoms with E-state index in [9.17, 15) is 18.4 Å². The first-order valence-electron chi connectivity index (χ1n) is 4.03. The van der Waals surface area contributed by atoms with Gasteiger partial charge in [-0.05, 0) is 12.1 Å². The highest BCUT2D eigenvalue weighted by atomic mass is 19.1. The van der Waals surface area contributed by atoms with Gasteiger partial charge in [-0.3, -0.25) is 9.59 Å². The van der Waals surface area contributed by atoms with Gasteiger partial charge in [0.05, 0.1) is 6.54 Å². The molecule has 0 aliphatic rings. The van der Waals surface area contributed by atoms with Crippen LogP contribution in [0.4, 0.5) is 8.78 Å². The molecule has 1 aromatic rings. The molecule has 0 heterocycles. The topological polar surface area (TPSA) is 72.2 Å². The number of rotatable bonds is 3. The first-order valence-corrected chi connectivity index (χ1v) is 4.03. The molecule has 3 N–H and O–H groups in total. The zero-order chi connectivity index (χ0) is 11.4. The van der Waals surface area contributed by atoms with Gasteiger partial charge in [-0.15, -0.1) is 0 Å². The summed E-state index contributed by atoms with van der Waals surface area (Å²) in [6.07, 6.45) is 0. The zero-order valence-corrected chi connectivity index (χ0v) is 7.59. The fraction of sp³-hybridized carbons (Fsp3) is 0.111. The summed E-state index contributed by atoms with van der Waals surface area (Å²) in [6.45, 7) is -0.466. The summed E-state index contributed by atoms with van der Waals surface area (Å²) in [5.74, 6) is -3.78. The van der Waals surface area contributed by atoms with E-state index in [1.165, 1.54) is 0 Å². The van der Waals surface area contributed by atoms with E-state index >= 15 is 0 Å². The third-order valence-corrected chi connectivity index (χ3v) is 1.61. The molecule has 0 saturated carbocycles. The number of halogens is 2. The second kappa shape index (κ2) is 4.50. The van der Waals surface area contributed by atoms with Crippen molar-refractivity contribution >= 4 is 11.8 Å². The summed E-state index contributed by atoms with van der Waals surface area (Å²) in [5, 5.41) is 1.99. The number of primary amides is 1. The highest BCUT2D eigenvalue weighted by Gasteiger charge is 2.16. The first kappa shape index (κ1) is 11.1. The van der Waals surface area contributed by atoms with Crippen molar-refractivity contribution in [3.63, 3.8) is 0 Å². The van der Waals surface area contributed by atoms with Gasteiger partial charge in [0.15, 0.2) is 0 Å². The molecule has 6 heteroatoms. The number of hydrogen-bond donors (Lipinski definition) is 2. The Bertz CT molecular complexity index is 387. The van der Waals surface area contributed by atoms with Gasteiger partial charge in [-0.1, -0.05) is 6.07 Å². The van der Waals surface area contributed by atoms with Gasteiger partial charge in [0.2, 0.25) is 5.91 Å². The summed E-state index contributed by atoms with van der Waals surface area (Å²) in [6, 6.07) is 3.03. The average Bonchev–Trinajstić information content (AvgIpc) is 2.14. The first-order chi connectivity index (χ1) is 7.02. The molecule has 0 radical (unpaired) electrons. The summed E-state index contributed by atoms with van der Waals surface area (Å²) in [7, 11) is 0. The lowest BCUT2D eigenvalue weighted by atomic mass is 10.2. The van der Waals surface area contributed by atoms with Crippen LogP contribution in [0.1, 0.15) is 10.4 Å². The van der Waals surface area contributed by atoms with Gasteiger partial charge in [0.1, 0.15) is 17.2 Å². The van der Waals surface area contributed by atoms with Crippen molar-refractivity contribution in [1.82, 2.24) is 5.32 Å². The number of benzene rings is 1. The molecule has 1 aromatic carbocycles. The van der Waals surface area contributed by atoms with E-state index < -0.39 is 35.6 Å². The van der Waals surface area contributed by atoms with Crippen LogP contribution in [0.15, 0.2) is 18.2 Å². The average molecular weight is 214 g/mol. The minimum absolute atomic E-state index is 0.466. The van der Waals surface area contributed by atoms with Crippen molar-refractivity contribution in [2.45, 2.75) is 0 Å². The molecule has 4 nitrogen and oxygen atoms in total. The summed E-state index contributed by atoms with van der Waals surface area (Å²) in [5.41, 5.74) is 4.03. The predicted molar refractivity (Wildman–Crippen MR) is 47.9 cm³/mol. The Morgan fingerprint density at radius 1 is 1.27 bits per heavy atom. The Labute approximate surface area is 84.1 Å². The molecule has 2 amide bonds. The second-order valence-electron chi connectivity index (χ2n) is 2.75. The Balaban J connectivity index is 2.86. The van der Waals surface area contributed by atoms with Gasteiger partial charge >= 0.3 is 0 Å². The van der Waals surface area contributed by atoms with Gasteiger partial charge in [-0.25, -0.2) is 8.78 Å². The maximum atomic E-state index is 13.0. The van der Waals surface area contributed by atoms with Gasteiger partial charge < -0.3 is 11.1 Å². The van der Waals surface area contributed by atoms with Crippen LogP contribution in [-0.2, 0) is 4.79 Å². The molecular weight excluding hydrogens is 206 g/mol. The standard InChI is InChI=1S/C9H8F2N2O2/c10-5-2-1-3-6(11)8(5)9(15)13-4-7(12)14/h1-3H,4H2,(H2,12,14)(H,13,15). The molecule has 0 unspecified atom stereocenters. The van der Waals surface area contributed by atoms with Crippen LogP contribution in [-0.4, -0.2) is 18.4 Å². The smallest absolute Gasteiger partial charge is 0.257 e. The summed E-state index contributed by atoms with van der Waals surface area (Å²) >= 11 is 0. The largest absolute Gasteiger partial charge is 0.368 e. The molecule has 0 atom stereocenters. The molecular formula is C9H8F2N2O2. The highest BCUT2D eigenvalue weighted by molar-refractivity contribution is 5.96. The second-order valence-corrected chi connectivity index (χ2v) is 2.75. The van der Waals surface area contributed by atoms with Gasteiger partial charge in [-0.2, -0.15) is 0 Å². The lowest BCUT2D eigenvalue weighted by Gasteiger charge is -2.04. The molecule has 1 rings (SSSR count). The van der Waals surface area contributed by atoms with E-state index in [1.54, 1.807) is 0 Å². The Morgan fingerprint density at radius 3 is 2.27 bits per heavy atom. The third kappa shape index (κ3) is 2.73. The lowest BCUT2D eigenvalue weighted by Crippen LogP contribution is -2.34. The van der Waals surface area contributed by atoms with E-state index in [0.29, 0.717) is 0 Å². The van der Waals surface area contributed by atoms with Gasteiger partial charge in [0.25, 0.3) is 5.91 Å². The van der Waals surface area contributed by atoms with Crippen LogP contribution < -0.4 is 11.1 Å². The maximum Gasteiger partial charge on any atom is 0.257 e. The van der Waals surface area contributed by atoms with Crippen LogP contribution in [0.5, 0.6) is 0 Å². The van der Waals surface area contributed by atoms with Crippen molar-refractivity contribution in [2.75, 3.05) is 6.54 Å². The number of amides is 2. The van der Waals surface area contributed by atoms with Crippen LogP contribution in [0, 0.1) is 11.6 Å². The van der Waals surface area contributed by atoms with E-state index in [2.05, 4.69) is 0 Å². The third-order valence-electron chi connectivity index (χ3n) is 1.61. The molecule has 0 bridgehead atoms. The molecule has 0 aliphatic heterocycles. The number of nitrogens with one attached hydrogen (secondary N) is 1. The number of nitrogens with two attached hydrogens (primary N) is 1. The van der Waals surface area contributed by atoms with Crippen molar-refractivity contribution in [3.8, 4) is 0 Å². The number of hydrogen-bond acceptors (Lipinski definition) is 2. The lowest BCUT2D eigenvalue weighted by molar-refractivity contribution is -0.117. The zero-order valence-electron chi connectivity index (χ0n) is 7.59. The van der Waals surface area contributed by atoms with Crippen molar-refractivity contribution in [1.29, 1.82) is 0 Å². The van der Waals surface area contributed by atoms with Crippen LogP contribution in [0.3, 0.4) is 0 Å². The number of carbonyl (C=O) groups is 2. The summed E-state index contributed by atoms with van der Waals surface area (Å²) in [4.78, 5) is 21.5. The van der Waals surface area contributed by atoms with E-state index in [4.69, 9.17) is 5.73 Å². The molecule has 15 heavy (non-hydrogen) atoms. The maximum absolute atomic E-state index is 13.0. The van der Waals surface area contributed by atoms with Crippen LogP contribution in [0.2, 0.25) is 0 Å². The highest BCUT2D eigenvalue weighted by Crippen LogP contribution is 2.11. The van der Waals surface area contributed by atoms with E-state index in [-0.39, 0.29) is 0 Å². The van der Waals surface area contributed by atoms with Crippen molar-refractivity contribution < 1.29 is 18.4 Å². The minimum Gasteiger partial charge on any atom is -0.368 e. The Hall–Kier alpha value is -1.98. The summed E-state index contributed by atoms with van der Waals surface area (Å²) < 4.78 is 26.0. The molecule has 80 valence electrons. The molecule has 0 saturated heterocycles. The monoisotopic (exact) mass is 214 g/mol. The molecule has 0 aliphatic carbocycles. The SMILES string of the molecule is NC(=O)CNC(=O)c1c(F)cccc1F.